The molecule has 5 nitrogen and oxygen atoms in total. The van der Waals surface area contributed by atoms with E-state index in [1.165, 1.54) is 0 Å². The van der Waals surface area contributed by atoms with Crippen molar-refractivity contribution in [3.05, 3.63) is 29.8 Å². The molecule has 20 heavy (non-hydrogen) atoms. The Labute approximate surface area is 122 Å². The van der Waals surface area contributed by atoms with E-state index in [9.17, 15) is 9.00 Å². The number of carbonyl (C=O) groups is 1. The van der Waals surface area contributed by atoms with Crippen molar-refractivity contribution in [3.63, 3.8) is 0 Å². The smallest absolute Gasteiger partial charge is 0.255 e. The molecule has 0 saturated carbocycles. The van der Waals surface area contributed by atoms with Crippen molar-refractivity contribution in [1.82, 2.24) is 5.32 Å². The molecule has 0 aromatic heterocycles. The Balaban J connectivity index is 2.27. The van der Waals surface area contributed by atoms with Gasteiger partial charge in [0.05, 0.1) is 0 Å². The second kappa shape index (κ2) is 8.71. The maximum absolute atomic E-state index is 11.2. The standard InChI is InChI=1S/C14H22N2O3S/c1-11(20(2)18)7-8-16-9-12-3-5-13(6-4-12)19-10-14(15)17/h3-6,11,16H,7-10H2,1-2H3,(H2,15,17). The van der Waals surface area contributed by atoms with Gasteiger partial charge in [0, 0.05) is 28.9 Å². The summed E-state index contributed by atoms with van der Waals surface area (Å²) in [5.74, 6) is 0.140. The van der Waals surface area contributed by atoms with Crippen LogP contribution in [0.2, 0.25) is 0 Å². The summed E-state index contributed by atoms with van der Waals surface area (Å²) in [6.45, 7) is 3.46. The predicted octanol–water partition coefficient (Wildman–Crippen LogP) is 0.797. The summed E-state index contributed by atoms with van der Waals surface area (Å²) in [6.07, 6.45) is 2.62. The lowest BCUT2D eigenvalue weighted by molar-refractivity contribution is -0.119. The largest absolute Gasteiger partial charge is 0.484 e. The van der Waals surface area contributed by atoms with Gasteiger partial charge in [0.2, 0.25) is 0 Å². The van der Waals surface area contributed by atoms with Gasteiger partial charge in [-0.3, -0.25) is 9.00 Å². The molecular weight excluding hydrogens is 276 g/mol. The Hall–Kier alpha value is -1.40. The fourth-order valence-corrected chi connectivity index (χ4v) is 2.01. The van der Waals surface area contributed by atoms with Crippen LogP contribution >= 0.6 is 0 Å². The Morgan fingerprint density at radius 1 is 1.40 bits per heavy atom. The molecule has 112 valence electrons. The molecule has 0 bridgehead atoms. The van der Waals surface area contributed by atoms with Gasteiger partial charge in [0.15, 0.2) is 6.61 Å². The van der Waals surface area contributed by atoms with Crippen molar-refractivity contribution < 1.29 is 13.7 Å². The fraction of sp³-hybridized carbons (Fsp3) is 0.500. The van der Waals surface area contributed by atoms with E-state index >= 15 is 0 Å². The first kappa shape index (κ1) is 16.7. The highest BCUT2D eigenvalue weighted by molar-refractivity contribution is 7.84. The highest BCUT2D eigenvalue weighted by atomic mass is 32.2. The normalized spacial score (nSPS) is 13.7. The third-order valence-electron chi connectivity index (χ3n) is 2.93. The van der Waals surface area contributed by atoms with Crippen molar-refractivity contribution in [2.45, 2.75) is 25.1 Å². The maximum atomic E-state index is 11.2. The van der Waals surface area contributed by atoms with Gasteiger partial charge in [0.25, 0.3) is 5.91 Å². The molecular formula is C14H22N2O3S. The van der Waals surface area contributed by atoms with Gasteiger partial charge in [-0.2, -0.15) is 0 Å². The molecule has 0 aliphatic carbocycles. The first-order chi connectivity index (χ1) is 9.49. The van der Waals surface area contributed by atoms with Crippen molar-refractivity contribution in [1.29, 1.82) is 0 Å². The van der Waals surface area contributed by atoms with E-state index in [1.54, 1.807) is 6.26 Å². The summed E-state index contributed by atoms with van der Waals surface area (Å²) >= 11 is 0. The summed E-state index contributed by atoms with van der Waals surface area (Å²) in [7, 11) is -0.762. The second-order valence-electron chi connectivity index (χ2n) is 4.67. The molecule has 0 saturated heterocycles. The molecule has 6 heteroatoms. The van der Waals surface area contributed by atoms with Crippen LogP contribution in [-0.2, 0) is 22.1 Å². The first-order valence-corrected chi connectivity index (χ1v) is 8.14. The van der Waals surface area contributed by atoms with Gasteiger partial charge in [-0.15, -0.1) is 0 Å². The zero-order valence-electron chi connectivity index (χ0n) is 11.9. The highest BCUT2D eigenvalue weighted by Gasteiger charge is 2.05. The van der Waals surface area contributed by atoms with Crippen LogP contribution < -0.4 is 15.8 Å². The number of benzene rings is 1. The summed E-state index contributed by atoms with van der Waals surface area (Å²) in [5, 5.41) is 3.52. The maximum Gasteiger partial charge on any atom is 0.255 e. The van der Waals surface area contributed by atoms with Crippen LogP contribution in [-0.4, -0.2) is 34.8 Å². The van der Waals surface area contributed by atoms with E-state index in [-0.39, 0.29) is 11.9 Å². The molecule has 0 heterocycles. The molecule has 3 N–H and O–H groups in total. The minimum Gasteiger partial charge on any atom is -0.484 e. The Kier molecular flexibility index (Phi) is 7.25. The number of primary amides is 1. The number of ether oxygens (including phenoxy) is 1. The summed E-state index contributed by atoms with van der Waals surface area (Å²) in [6, 6.07) is 7.49. The molecule has 1 aromatic carbocycles. The number of nitrogens with two attached hydrogens (primary N) is 1. The van der Waals surface area contributed by atoms with E-state index in [1.807, 2.05) is 31.2 Å². The van der Waals surface area contributed by atoms with Gasteiger partial charge in [-0.25, -0.2) is 0 Å². The second-order valence-corrected chi connectivity index (χ2v) is 6.48. The summed E-state index contributed by atoms with van der Waals surface area (Å²) < 4.78 is 16.4. The zero-order chi connectivity index (χ0) is 15.0. The van der Waals surface area contributed by atoms with E-state index in [0.29, 0.717) is 5.75 Å². The van der Waals surface area contributed by atoms with Crippen LogP contribution in [0.1, 0.15) is 18.9 Å². The summed E-state index contributed by atoms with van der Waals surface area (Å²) in [4.78, 5) is 10.6. The number of carbonyl (C=O) groups excluding carboxylic acids is 1. The van der Waals surface area contributed by atoms with Crippen molar-refractivity contribution in [2.75, 3.05) is 19.4 Å². The van der Waals surface area contributed by atoms with Gasteiger partial charge < -0.3 is 15.8 Å². The molecule has 1 rings (SSSR count). The lowest BCUT2D eigenvalue weighted by Gasteiger charge is -2.09. The number of hydrogen-bond acceptors (Lipinski definition) is 4. The number of hydrogen-bond donors (Lipinski definition) is 2. The van der Waals surface area contributed by atoms with Gasteiger partial charge in [0.1, 0.15) is 5.75 Å². The molecule has 2 atom stereocenters. The van der Waals surface area contributed by atoms with Gasteiger partial charge in [-0.05, 0) is 30.7 Å². The fourth-order valence-electron chi connectivity index (χ4n) is 1.56. The van der Waals surface area contributed by atoms with Gasteiger partial charge in [-0.1, -0.05) is 19.1 Å². The van der Waals surface area contributed by atoms with Gasteiger partial charge >= 0.3 is 0 Å². The van der Waals surface area contributed by atoms with Crippen molar-refractivity contribution in [2.24, 2.45) is 5.73 Å². The zero-order valence-corrected chi connectivity index (χ0v) is 12.7. The SMILES string of the molecule is CC(CCNCc1ccc(OCC(N)=O)cc1)S(C)=O. The Morgan fingerprint density at radius 2 is 2.05 bits per heavy atom. The lowest BCUT2D eigenvalue weighted by Crippen LogP contribution is -2.21. The Bertz CT molecular complexity index is 448. The third kappa shape index (κ3) is 6.68. The number of nitrogens with one attached hydrogen (secondary N) is 1. The van der Waals surface area contributed by atoms with E-state index in [2.05, 4.69) is 5.32 Å². The van der Waals surface area contributed by atoms with Crippen molar-refractivity contribution in [3.8, 4) is 5.75 Å². The minimum absolute atomic E-state index is 0.107. The molecule has 0 fully saturated rings. The van der Waals surface area contributed by atoms with Crippen LogP contribution in [0, 0.1) is 0 Å². The van der Waals surface area contributed by atoms with E-state index in [0.717, 1.165) is 25.1 Å². The minimum atomic E-state index is -0.762. The average Bonchev–Trinajstić information content (AvgIpc) is 2.42. The predicted molar refractivity (Wildman–Crippen MR) is 81.0 cm³/mol. The van der Waals surface area contributed by atoms with Crippen molar-refractivity contribution >= 4 is 16.7 Å². The van der Waals surface area contributed by atoms with E-state index < -0.39 is 16.7 Å². The van der Waals surface area contributed by atoms with Crippen LogP contribution in [0.25, 0.3) is 0 Å². The lowest BCUT2D eigenvalue weighted by atomic mass is 10.2. The average molecular weight is 298 g/mol. The first-order valence-electron chi connectivity index (χ1n) is 6.52. The third-order valence-corrected chi connectivity index (χ3v) is 4.30. The van der Waals surface area contributed by atoms with Crippen LogP contribution in [0.15, 0.2) is 24.3 Å². The number of rotatable bonds is 9. The van der Waals surface area contributed by atoms with Crippen LogP contribution in [0.5, 0.6) is 5.75 Å². The topological polar surface area (TPSA) is 81.4 Å². The number of amides is 1. The molecule has 1 amide bonds. The molecule has 0 radical (unpaired) electrons. The highest BCUT2D eigenvalue weighted by Crippen LogP contribution is 2.11. The van der Waals surface area contributed by atoms with Crippen LogP contribution in [0.4, 0.5) is 0 Å². The molecule has 0 spiro atoms. The molecule has 0 aliphatic heterocycles. The molecule has 2 unspecified atom stereocenters. The monoisotopic (exact) mass is 298 g/mol. The molecule has 1 aromatic rings. The summed E-state index contributed by atoms with van der Waals surface area (Å²) in [5.41, 5.74) is 6.13. The van der Waals surface area contributed by atoms with E-state index in [4.69, 9.17) is 10.5 Å². The quantitative estimate of drug-likeness (QED) is 0.661. The van der Waals surface area contributed by atoms with Crippen LogP contribution in [0.3, 0.4) is 0 Å². The Morgan fingerprint density at radius 3 is 2.60 bits per heavy atom. The molecule has 0 aliphatic rings.